The van der Waals surface area contributed by atoms with E-state index in [0.717, 1.165) is 29.0 Å². The number of halogens is 1. The standard InChI is InChI=1S/C13H16BrN3/c1-10-16-7-8-17(10)13-4-3-11(5-6-15-2)9-12(13)14/h3-4,7-9,15H,5-6H2,1-2H3. The summed E-state index contributed by atoms with van der Waals surface area (Å²) in [5.41, 5.74) is 2.46. The molecule has 1 aromatic heterocycles. The molecule has 0 spiro atoms. The van der Waals surface area contributed by atoms with Crippen LogP contribution in [-0.2, 0) is 6.42 Å². The average Bonchev–Trinajstić information content (AvgIpc) is 2.73. The quantitative estimate of drug-likeness (QED) is 0.939. The highest BCUT2D eigenvalue weighted by Crippen LogP contribution is 2.23. The van der Waals surface area contributed by atoms with Crippen LogP contribution in [0.4, 0.5) is 0 Å². The smallest absolute Gasteiger partial charge is 0.110 e. The molecule has 0 amide bonds. The number of imidazole rings is 1. The number of aryl methyl sites for hydroxylation is 1. The SMILES string of the molecule is CNCCc1ccc(-n2ccnc2C)c(Br)c1. The minimum absolute atomic E-state index is 0.994. The van der Waals surface area contributed by atoms with Crippen LogP contribution in [0.25, 0.3) is 5.69 Å². The number of nitrogens with one attached hydrogen (secondary N) is 1. The molecule has 0 aliphatic carbocycles. The van der Waals surface area contributed by atoms with Gasteiger partial charge in [0.05, 0.1) is 5.69 Å². The summed E-state index contributed by atoms with van der Waals surface area (Å²) in [7, 11) is 1.97. The zero-order chi connectivity index (χ0) is 12.3. The predicted octanol–water partition coefficient (Wildman–Crippen LogP) is 2.71. The molecule has 1 N–H and O–H groups in total. The molecular weight excluding hydrogens is 278 g/mol. The number of rotatable bonds is 4. The lowest BCUT2D eigenvalue weighted by Gasteiger charge is -2.09. The van der Waals surface area contributed by atoms with Gasteiger partial charge in [0.2, 0.25) is 0 Å². The van der Waals surface area contributed by atoms with E-state index in [1.807, 2.05) is 26.4 Å². The van der Waals surface area contributed by atoms with Gasteiger partial charge >= 0.3 is 0 Å². The molecule has 0 radical (unpaired) electrons. The number of likely N-dealkylation sites (N-methyl/N-ethyl adjacent to an activating group) is 1. The van der Waals surface area contributed by atoms with Gasteiger partial charge in [-0.3, -0.25) is 0 Å². The number of hydrogen-bond donors (Lipinski definition) is 1. The van der Waals surface area contributed by atoms with E-state index in [-0.39, 0.29) is 0 Å². The molecule has 2 rings (SSSR count). The summed E-state index contributed by atoms with van der Waals surface area (Å²) in [4.78, 5) is 4.24. The summed E-state index contributed by atoms with van der Waals surface area (Å²) in [6.45, 7) is 3.00. The van der Waals surface area contributed by atoms with E-state index in [1.54, 1.807) is 0 Å². The molecule has 1 aromatic carbocycles. The molecule has 1 heterocycles. The van der Waals surface area contributed by atoms with Crippen molar-refractivity contribution < 1.29 is 0 Å². The highest BCUT2D eigenvalue weighted by atomic mass is 79.9. The molecule has 0 aliphatic rings. The highest BCUT2D eigenvalue weighted by Gasteiger charge is 2.05. The van der Waals surface area contributed by atoms with Crippen LogP contribution in [0.15, 0.2) is 35.1 Å². The first-order chi connectivity index (χ1) is 8.22. The third-order valence-corrected chi connectivity index (χ3v) is 3.40. The minimum Gasteiger partial charge on any atom is -0.319 e. The summed E-state index contributed by atoms with van der Waals surface area (Å²) >= 11 is 3.63. The van der Waals surface area contributed by atoms with Gasteiger partial charge in [-0.05, 0) is 60.6 Å². The Morgan fingerprint density at radius 1 is 1.41 bits per heavy atom. The van der Waals surface area contributed by atoms with E-state index >= 15 is 0 Å². The van der Waals surface area contributed by atoms with Crippen LogP contribution < -0.4 is 5.32 Å². The molecule has 0 unspecified atom stereocenters. The fraction of sp³-hybridized carbons (Fsp3) is 0.308. The van der Waals surface area contributed by atoms with Crippen LogP contribution in [-0.4, -0.2) is 23.1 Å². The summed E-state index contributed by atoms with van der Waals surface area (Å²) in [5.74, 6) is 0.994. The van der Waals surface area contributed by atoms with Crippen molar-refractivity contribution in [1.29, 1.82) is 0 Å². The molecule has 0 saturated carbocycles. The van der Waals surface area contributed by atoms with E-state index in [2.05, 4.69) is 49.0 Å². The van der Waals surface area contributed by atoms with Crippen molar-refractivity contribution in [3.8, 4) is 5.69 Å². The fourth-order valence-electron chi connectivity index (χ4n) is 1.80. The zero-order valence-corrected chi connectivity index (χ0v) is 11.7. The molecule has 0 atom stereocenters. The largest absolute Gasteiger partial charge is 0.319 e. The Hall–Kier alpha value is -1.13. The summed E-state index contributed by atoms with van der Waals surface area (Å²) in [6.07, 6.45) is 4.83. The number of benzene rings is 1. The lowest BCUT2D eigenvalue weighted by Crippen LogP contribution is -2.10. The first-order valence-electron chi connectivity index (χ1n) is 5.65. The zero-order valence-electron chi connectivity index (χ0n) is 10.1. The number of nitrogens with zero attached hydrogens (tertiary/aromatic N) is 2. The molecule has 0 saturated heterocycles. The Labute approximate surface area is 110 Å². The normalized spacial score (nSPS) is 10.8. The molecule has 4 heteroatoms. The third-order valence-electron chi connectivity index (χ3n) is 2.76. The second-order valence-electron chi connectivity index (χ2n) is 3.98. The van der Waals surface area contributed by atoms with Crippen LogP contribution in [0.2, 0.25) is 0 Å². The Morgan fingerprint density at radius 2 is 2.24 bits per heavy atom. The molecule has 90 valence electrons. The molecule has 0 fully saturated rings. The minimum atomic E-state index is 0.994. The Balaban J connectivity index is 2.29. The maximum atomic E-state index is 4.24. The van der Waals surface area contributed by atoms with Gasteiger partial charge in [-0.15, -0.1) is 0 Å². The average molecular weight is 294 g/mol. The lowest BCUT2D eigenvalue weighted by molar-refractivity contribution is 0.791. The molecular formula is C13H16BrN3. The van der Waals surface area contributed by atoms with Gasteiger partial charge in [-0.25, -0.2) is 4.98 Å². The number of aromatic nitrogens is 2. The first kappa shape index (κ1) is 12.3. The van der Waals surface area contributed by atoms with Crippen molar-refractivity contribution in [2.75, 3.05) is 13.6 Å². The van der Waals surface area contributed by atoms with Crippen molar-refractivity contribution in [3.63, 3.8) is 0 Å². The van der Waals surface area contributed by atoms with Gasteiger partial charge in [0.15, 0.2) is 0 Å². The lowest BCUT2D eigenvalue weighted by atomic mass is 10.1. The van der Waals surface area contributed by atoms with Crippen LogP contribution in [0, 0.1) is 6.92 Å². The number of hydrogen-bond acceptors (Lipinski definition) is 2. The monoisotopic (exact) mass is 293 g/mol. The van der Waals surface area contributed by atoms with Gasteiger partial charge in [-0.2, -0.15) is 0 Å². The van der Waals surface area contributed by atoms with Crippen molar-refractivity contribution in [1.82, 2.24) is 14.9 Å². The Bertz CT molecular complexity index is 505. The van der Waals surface area contributed by atoms with Crippen LogP contribution in [0.3, 0.4) is 0 Å². The van der Waals surface area contributed by atoms with E-state index in [4.69, 9.17) is 0 Å². The molecule has 3 nitrogen and oxygen atoms in total. The second-order valence-corrected chi connectivity index (χ2v) is 4.84. The fourth-order valence-corrected chi connectivity index (χ4v) is 2.42. The second kappa shape index (κ2) is 5.47. The van der Waals surface area contributed by atoms with Gasteiger partial charge in [0, 0.05) is 16.9 Å². The maximum Gasteiger partial charge on any atom is 0.110 e. The Kier molecular flexibility index (Phi) is 3.97. The van der Waals surface area contributed by atoms with Crippen LogP contribution >= 0.6 is 15.9 Å². The summed E-state index contributed by atoms with van der Waals surface area (Å²) in [5, 5.41) is 3.16. The van der Waals surface area contributed by atoms with E-state index < -0.39 is 0 Å². The van der Waals surface area contributed by atoms with Gasteiger partial charge in [0.1, 0.15) is 5.82 Å². The van der Waals surface area contributed by atoms with E-state index in [1.165, 1.54) is 5.56 Å². The van der Waals surface area contributed by atoms with E-state index in [0.29, 0.717) is 0 Å². The van der Waals surface area contributed by atoms with Gasteiger partial charge in [0.25, 0.3) is 0 Å². The van der Waals surface area contributed by atoms with E-state index in [9.17, 15) is 0 Å². The third kappa shape index (κ3) is 2.76. The van der Waals surface area contributed by atoms with Crippen molar-refractivity contribution in [2.45, 2.75) is 13.3 Å². The van der Waals surface area contributed by atoms with Crippen molar-refractivity contribution in [2.24, 2.45) is 0 Å². The molecule has 2 aromatic rings. The highest BCUT2D eigenvalue weighted by molar-refractivity contribution is 9.10. The first-order valence-corrected chi connectivity index (χ1v) is 6.45. The Morgan fingerprint density at radius 3 is 2.82 bits per heavy atom. The maximum absolute atomic E-state index is 4.24. The van der Waals surface area contributed by atoms with Crippen LogP contribution in [0.1, 0.15) is 11.4 Å². The van der Waals surface area contributed by atoms with Crippen molar-refractivity contribution in [3.05, 3.63) is 46.5 Å². The van der Waals surface area contributed by atoms with Gasteiger partial charge < -0.3 is 9.88 Å². The van der Waals surface area contributed by atoms with Crippen LogP contribution in [0.5, 0.6) is 0 Å². The molecule has 0 aliphatic heterocycles. The summed E-state index contributed by atoms with van der Waals surface area (Å²) < 4.78 is 3.18. The molecule has 0 bridgehead atoms. The topological polar surface area (TPSA) is 29.9 Å². The van der Waals surface area contributed by atoms with Crippen molar-refractivity contribution >= 4 is 15.9 Å². The molecule has 17 heavy (non-hydrogen) atoms. The van der Waals surface area contributed by atoms with Gasteiger partial charge in [-0.1, -0.05) is 6.07 Å². The summed E-state index contributed by atoms with van der Waals surface area (Å²) in [6, 6.07) is 6.47. The predicted molar refractivity (Wildman–Crippen MR) is 73.6 cm³/mol.